The lowest BCUT2D eigenvalue weighted by Crippen LogP contribution is -2.30. The van der Waals surface area contributed by atoms with Gasteiger partial charge in [0.2, 0.25) is 0 Å². The molecule has 0 spiro atoms. The average Bonchev–Trinajstić information content (AvgIpc) is 2.61. The van der Waals surface area contributed by atoms with Crippen molar-refractivity contribution in [1.82, 2.24) is 0 Å². The van der Waals surface area contributed by atoms with Crippen LogP contribution in [0.4, 0.5) is 11.4 Å². The van der Waals surface area contributed by atoms with Crippen molar-refractivity contribution in [3.63, 3.8) is 0 Å². The maximum Gasteiger partial charge on any atom is 0.314 e. The average molecular weight is 354 g/mol. The molecule has 0 heterocycles. The fourth-order valence-corrected chi connectivity index (χ4v) is 2.79. The number of methoxy groups -OCH3 is 1. The van der Waals surface area contributed by atoms with Gasteiger partial charge in [-0.2, -0.15) is 0 Å². The zero-order valence-corrected chi connectivity index (χ0v) is 15.9. The van der Waals surface area contributed by atoms with Gasteiger partial charge in [0.05, 0.1) is 12.8 Å². The van der Waals surface area contributed by atoms with Crippen molar-refractivity contribution in [1.29, 1.82) is 0 Å². The highest BCUT2D eigenvalue weighted by molar-refractivity contribution is 6.44. The van der Waals surface area contributed by atoms with Gasteiger partial charge in [-0.25, -0.2) is 0 Å². The number of carbonyl (C=O) groups is 2. The predicted molar refractivity (Wildman–Crippen MR) is 105 cm³/mol. The number of amides is 2. The molecule has 5 nitrogen and oxygen atoms in total. The molecule has 2 N–H and O–H groups in total. The molecule has 0 aliphatic rings. The summed E-state index contributed by atoms with van der Waals surface area (Å²) in [6.45, 7) is 8.24. The van der Waals surface area contributed by atoms with Crippen LogP contribution in [0.2, 0.25) is 0 Å². The molecule has 0 unspecified atom stereocenters. The van der Waals surface area contributed by atoms with Crippen molar-refractivity contribution >= 4 is 23.2 Å². The second-order valence-electron chi connectivity index (χ2n) is 6.73. The second-order valence-corrected chi connectivity index (χ2v) is 6.73. The van der Waals surface area contributed by atoms with Gasteiger partial charge in [0, 0.05) is 5.69 Å². The second kappa shape index (κ2) is 8.52. The quantitative estimate of drug-likeness (QED) is 0.776. The molecule has 0 bridgehead atoms. The lowest BCUT2D eigenvalue weighted by Gasteiger charge is -2.20. The molecule has 0 aromatic heterocycles. The Hall–Kier alpha value is -2.82. The fraction of sp³-hybridized carbons (Fsp3) is 0.333. The van der Waals surface area contributed by atoms with Crippen LogP contribution in [0, 0.1) is 0 Å². The van der Waals surface area contributed by atoms with E-state index < -0.39 is 11.8 Å². The first-order chi connectivity index (χ1) is 12.3. The maximum absolute atomic E-state index is 12.5. The van der Waals surface area contributed by atoms with E-state index >= 15 is 0 Å². The van der Waals surface area contributed by atoms with Crippen LogP contribution in [0.3, 0.4) is 0 Å². The molecule has 138 valence electrons. The third kappa shape index (κ3) is 4.42. The van der Waals surface area contributed by atoms with E-state index in [4.69, 9.17) is 4.74 Å². The highest BCUT2D eigenvalue weighted by atomic mass is 16.5. The number of carbonyl (C=O) groups excluding carboxylic acids is 2. The minimum absolute atomic E-state index is 0.223. The Labute approximate surface area is 154 Å². The van der Waals surface area contributed by atoms with Crippen molar-refractivity contribution in [2.45, 2.75) is 39.5 Å². The van der Waals surface area contributed by atoms with Gasteiger partial charge in [-0.15, -0.1) is 0 Å². The first kappa shape index (κ1) is 19.5. The van der Waals surface area contributed by atoms with Crippen molar-refractivity contribution < 1.29 is 14.3 Å². The van der Waals surface area contributed by atoms with Gasteiger partial charge in [-0.3, -0.25) is 9.59 Å². The summed E-state index contributed by atoms with van der Waals surface area (Å²) >= 11 is 0. The highest BCUT2D eigenvalue weighted by Crippen LogP contribution is 2.32. The van der Waals surface area contributed by atoms with Crippen LogP contribution in [-0.2, 0) is 9.59 Å². The predicted octanol–water partition coefficient (Wildman–Crippen LogP) is 4.52. The summed E-state index contributed by atoms with van der Waals surface area (Å²) in [5.41, 5.74) is 3.19. The Bertz CT molecular complexity index is 771. The Balaban J connectivity index is 2.25. The van der Waals surface area contributed by atoms with Crippen molar-refractivity contribution in [3.05, 3.63) is 53.6 Å². The van der Waals surface area contributed by atoms with Gasteiger partial charge >= 0.3 is 11.8 Å². The standard InChI is InChI=1S/C21H26N2O3/c1-13(2)15-9-8-10-16(14(3)4)19(15)23-21(25)20(24)22-17-11-6-7-12-18(17)26-5/h6-14H,1-5H3,(H,22,24)(H,23,25). The monoisotopic (exact) mass is 354 g/mol. The van der Waals surface area contributed by atoms with E-state index in [9.17, 15) is 9.59 Å². The molecule has 2 aromatic carbocycles. The molecule has 0 saturated carbocycles. The Morgan fingerprint density at radius 3 is 1.88 bits per heavy atom. The third-order valence-electron chi connectivity index (χ3n) is 4.17. The molecule has 0 atom stereocenters. The minimum atomic E-state index is -0.734. The summed E-state index contributed by atoms with van der Waals surface area (Å²) in [6.07, 6.45) is 0. The van der Waals surface area contributed by atoms with Crippen molar-refractivity contribution in [3.8, 4) is 5.75 Å². The number of nitrogens with one attached hydrogen (secondary N) is 2. The van der Waals surface area contributed by atoms with Crippen molar-refractivity contribution in [2.75, 3.05) is 17.7 Å². The van der Waals surface area contributed by atoms with Gasteiger partial charge in [-0.1, -0.05) is 58.0 Å². The van der Waals surface area contributed by atoms with Gasteiger partial charge < -0.3 is 15.4 Å². The number of ether oxygens (including phenoxy) is 1. The van der Waals surface area contributed by atoms with Gasteiger partial charge in [-0.05, 0) is 35.1 Å². The van der Waals surface area contributed by atoms with Crippen LogP contribution < -0.4 is 15.4 Å². The molecule has 2 aromatic rings. The molecule has 2 amide bonds. The summed E-state index contributed by atoms with van der Waals surface area (Å²) in [6, 6.07) is 12.9. The maximum atomic E-state index is 12.5. The zero-order valence-electron chi connectivity index (χ0n) is 15.9. The van der Waals surface area contributed by atoms with Crippen LogP contribution in [-0.4, -0.2) is 18.9 Å². The SMILES string of the molecule is COc1ccccc1NC(=O)C(=O)Nc1c(C(C)C)cccc1C(C)C. The number of benzene rings is 2. The first-order valence-electron chi connectivity index (χ1n) is 8.73. The van der Waals surface area contributed by atoms with E-state index in [0.29, 0.717) is 11.4 Å². The van der Waals surface area contributed by atoms with Crippen LogP contribution in [0.25, 0.3) is 0 Å². The smallest absolute Gasteiger partial charge is 0.314 e. The van der Waals surface area contributed by atoms with E-state index in [-0.39, 0.29) is 11.8 Å². The van der Waals surface area contributed by atoms with Gasteiger partial charge in [0.25, 0.3) is 0 Å². The molecule has 0 aliphatic carbocycles. The van der Waals surface area contributed by atoms with E-state index in [0.717, 1.165) is 16.8 Å². The van der Waals surface area contributed by atoms with E-state index in [2.05, 4.69) is 38.3 Å². The summed E-state index contributed by atoms with van der Waals surface area (Å²) < 4.78 is 5.20. The summed E-state index contributed by atoms with van der Waals surface area (Å²) in [5, 5.41) is 5.41. The van der Waals surface area contributed by atoms with E-state index in [1.54, 1.807) is 24.3 Å². The molecular formula is C21H26N2O3. The lowest BCUT2D eigenvalue weighted by molar-refractivity contribution is -0.133. The van der Waals surface area contributed by atoms with E-state index in [1.165, 1.54) is 7.11 Å². The number of anilines is 2. The zero-order chi connectivity index (χ0) is 19.3. The molecule has 5 heteroatoms. The molecule has 2 rings (SSSR count). The minimum Gasteiger partial charge on any atom is -0.495 e. The van der Waals surface area contributed by atoms with Crippen LogP contribution in [0.15, 0.2) is 42.5 Å². The van der Waals surface area contributed by atoms with Crippen LogP contribution >= 0.6 is 0 Å². The third-order valence-corrected chi connectivity index (χ3v) is 4.17. The van der Waals surface area contributed by atoms with Crippen LogP contribution in [0.5, 0.6) is 5.75 Å². The van der Waals surface area contributed by atoms with E-state index in [1.807, 2.05) is 18.2 Å². The molecule has 0 aliphatic heterocycles. The highest BCUT2D eigenvalue weighted by Gasteiger charge is 2.20. The molecular weight excluding hydrogens is 328 g/mol. The normalized spacial score (nSPS) is 10.7. The fourth-order valence-electron chi connectivity index (χ4n) is 2.79. The number of hydrogen-bond acceptors (Lipinski definition) is 3. The van der Waals surface area contributed by atoms with Crippen molar-refractivity contribution in [2.24, 2.45) is 0 Å². The molecule has 0 radical (unpaired) electrons. The Morgan fingerprint density at radius 1 is 0.808 bits per heavy atom. The Kier molecular flexibility index (Phi) is 6.39. The number of rotatable bonds is 5. The van der Waals surface area contributed by atoms with Gasteiger partial charge in [0.1, 0.15) is 5.75 Å². The summed E-state index contributed by atoms with van der Waals surface area (Å²) in [4.78, 5) is 24.9. The van der Waals surface area contributed by atoms with Gasteiger partial charge in [0.15, 0.2) is 0 Å². The lowest BCUT2D eigenvalue weighted by atomic mass is 9.92. The molecule has 26 heavy (non-hydrogen) atoms. The topological polar surface area (TPSA) is 67.4 Å². The van der Waals surface area contributed by atoms with Crippen LogP contribution in [0.1, 0.15) is 50.7 Å². The summed E-state index contributed by atoms with van der Waals surface area (Å²) in [5.74, 6) is -0.490. The first-order valence-corrected chi connectivity index (χ1v) is 8.73. The largest absolute Gasteiger partial charge is 0.495 e. The number of hydrogen-bond donors (Lipinski definition) is 2. The molecule has 0 fully saturated rings. The molecule has 0 saturated heterocycles. The summed E-state index contributed by atoms with van der Waals surface area (Å²) in [7, 11) is 1.51. The number of para-hydroxylation sites is 3. The Morgan fingerprint density at radius 2 is 1.35 bits per heavy atom.